The van der Waals surface area contributed by atoms with E-state index < -0.39 is 49.9 Å². The minimum atomic E-state index is -4.43. The second kappa shape index (κ2) is 11.8. The van der Waals surface area contributed by atoms with E-state index in [-0.39, 0.29) is 29.2 Å². The predicted molar refractivity (Wildman–Crippen MR) is 170 cm³/mol. The largest absolute Gasteiger partial charge is 0.477 e. The van der Waals surface area contributed by atoms with E-state index in [1.54, 1.807) is 19.9 Å². The monoisotopic (exact) mass is 682 g/mol. The van der Waals surface area contributed by atoms with Gasteiger partial charge in [0, 0.05) is 50.6 Å². The topological polar surface area (TPSA) is 187 Å². The smallest absolute Gasteiger partial charge is 0.352 e. The fourth-order valence-electron chi connectivity index (χ4n) is 6.19. The zero-order chi connectivity index (χ0) is 34.7. The van der Waals surface area contributed by atoms with E-state index in [9.17, 15) is 36.7 Å². The summed E-state index contributed by atoms with van der Waals surface area (Å²) in [5.41, 5.74) is 5.57. The van der Waals surface area contributed by atoms with Gasteiger partial charge in [-0.2, -0.15) is 9.40 Å². The summed E-state index contributed by atoms with van der Waals surface area (Å²) in [7, 11) is -2.46. The summed E-state index contributed by atoms with van der Waals surface area (Å²) in [4.78, 5) is 42.3. The minimum absolute atomic E-state index is 0.0431. The Morgan fingerprint density at radius 1 is 1.00 bits per heavy atom. The van der Waals surface area contributed by atoms with Crippen molar-refractivity contribution in [3.63, 3.8) is 0 Å². The van der Waals surface area contributed by atoms with Crippen LogP contribution in [0, 0.1) is 11.6 Å². The molecule has 0 bridgehead atoms. The molecule has 2 aromatic carbocycles. The third-order valence-electron chi connectivity index (χ3n) is 8.76. The van der Waals surface area contributed by atoms with E-state index >= 15 is 0 Å². The van der Waals surface area contributed by atoms with Crippen LogP contribution in [-0.4, -0.2) is 88.5 Å². The number of carbonyl (C=O) groups excluding carboxylic acids is 2. The van der Waals surface area contributed by atoms with Crippen LogP contribution in [0.1, 0.15) is 56.3 Å². The summed E-state index contributed by atoms with van der Waals surface area (Å²) in [6.45, 7) is 5.36. The lowest BCUT2D eigenvalue weighted by atomic mass is 10.0. The first kappa shape index (κ1) is 32.8. The SMILES string of the molecule is CN1CCN(c2cc(C(N)=O)c(C(=O)Nc3n[nH]c4c3CN(S(=O)(=O)c3cc(F)cc(F)c3)C4(C)C)cc2-n2cccc2C(=O)O)CC1. The lowest BCUT2D eigenvalue weighted by Gasteiger charge is -2.35. The number of benzene rings is 2. The number of H-pyrrole nitrogens is 1. The molecule has 48 heavy (non-hydrogen) atoms. The average Bonchev–Trinajstić information content (AvgIpc) is 3.73. The van der Waals surface area contributed by atoms with Gasteiger partial charge < -0.3 is 30.5 Å². The van der Waals surface area contributed by atoms with Gasteiger partial charge in [0.05, 0.1) is 38.6 Å². The Morgan fingerprint density at radius 2 is 1.65 bits per heavy atom. The molecular weight excluding hydrogens is 650 g/mol. The quantitative estimate of drug-likeness (QED) is 0.217. The molecule has 4 heterocycles. The number of rotatable bonds is 8. The summed E-state index contributed by atoms with van der Waals surface area (Å²) in [6, 6.07) is 7.82. The van der Waals surface area contributed by atoms with Gasteiger partial charge in [-0.25, -0.2) is 22.0 Å². The molecule has 0 saturated carbocycles. The van der Waals surface area contributed by atoms with Crippen LogP contribution in [0.4, 0.5) is 20.3 Å². The zero-order valence-electron chi connectivity index (χ0n) is 26.1. The van der Waals surface area contributed by atoms with Gasteiger partial charge in [0.25, 0.3) is 5.91 Å². The van der Waals surface area contributed by atoms with E-state index in [4.69, 9.17) is 5.73 Å². The molecule has 252 valence electrons. The standard InChI is InChI=1S/C31H32F2N8O6S/c1-31(2)26-22(16-41(31)48(46,47)19-12-17(32)11-18(33)13-19)28(37-36-26)35-29(43)21-15-25(40-6-4-5-23(40)30(44)45)24(14-20(21)27(34)42)39-9-7-38(3)8-10-39/h4-6,11-15H,7-10,16H2,1-3H3,(H2,34,42)(H,44,45)(H2,35,36,37,43). The second-order valence-electron chi connectivity index (χ2n) is 12.2. The third-order valence-corrected chi connectivity index (χ3v) is 10.8. The van der Waals surface area contributed by atoms with Crippen molar-refractivity contribution in [3.8, 4) is 5.69 Å². The molecule has 2 aliphatic heterocycles. The van der Waals surface area contributed by atoms with Crippen LogP contribution in [0.15, 0.2) is 53.6 Å². The Bertz CT molecular complexity index is 2070. The molecule has 14 nitrogen and oxygen atoms in total. The highest BCUT2D eigenvalue weighted by atomic mass is 32.2. The molecule has 0 spiro atoms. The molecule has 2 aliphatic rings. The van der Waals surface area contributed by atoms with Gasteiger partial charge in [0.1, 0.15) is 17.3 Å². The van der Waals surface area contributed by atoms with Crippen LogP contribution in [0.3, 0.4) is 0 Å². The van der Waals surface area contributed by atoms with Crippen LogP contribution >= 0.6 is 0 Å². The zero-order valence-corrected chi connectivity index (χ0v) is 26.9. The molecule has 17 heteroatoms. The molecule has 0 unspecified atom stereocenters. The van der Waals surface area contributed by atoms with Crippen LogP contribution in [0.2, 0.25) is 0 Å². The van der Waals surface area contributed by atoms with Crippen molar-refractivity contribution >= 4 is 39.3 Å². The van der Waals surface area contributed by atoms with Gasteiger partial charge in [-0.3, -0.25) is 14.7 Å². The van der Waals surface area contributed by atoms with Crippen molar-refractivity contribution in [2.45, 2.75) is 30.8 Å². The maximum Gasteiger partial charge on any atom is 0.352 e. The number of aromatic amines is 1. The van der Waals surface area contributed by atoms with Gasteiger partial charge in [-0.05, 0) is 57.3 Å². The number of nitrogens with zero attached hydrogens (tertiary/aromatic N) is 5. The van der Waals surface area contributed by atoms with E-state index in [1.165, 1.54) is 29.0 Å². The number of primary amides is 1. The normalized spacial score (nSPS) is 16.6. The molecule has 0 aliphatic carbocycles. The molecule has 5 N–H and O–H groups in total. The van der Waals surface area contributed by atoms with Crippen molar-refractivity contribution in [2.24, 2.45) is 5.73 Å². The van der Waals surface area contributed by atoms with E-state index in [2.05, 4.69) is 20.4 Å². The lowest BCUT2D eigenvalue weighted by molar-refractivity contribution is 0.0687. The summed E-state index contributed by atoms with van der Waals surface area (Å²) in [6.07, 6.45) is 1.53. The molecular formula is C31H32F2N8O6S. The van der Waals surface area contributed by atoms with Gasteiger partial charge in [-0.15, -0.1) is 0 Å². The van der Waals surface area contributed by atoms with Gasteiger partial charge >= 0.3 is 5.97 Å². The molecule has 1 fully saturated rings. The number of likely N-dealkylation sites (N-methyl/N-ethyl adjacent to an activating group) is 1. The number of nitrogens with one attached hydrogen (secondary N) is 2. The van der Waals surface area contributed by atoms with Crippen molar-refractivity contribution in [2.75, 3.05) is 43.4 Å². The van der Waals surface area contributed by atoms with Crippen LogP contribution < -0.4 is 16.0 Å². The average molecular weight is 683 g/mol. The summed E-state index contributed by atoms with van der Waals surface area (Å²) in [5.74, 6) is -5.08. The summed E-state index contributed by atoms with van der Waals surface area (Å²) in [5, 5.41) is 19.5. The number of hydrogen-bond acceptors (Lipinski definition) is 8. The first-order valence-corrected chi connectivity index (χ1v) is 16.2. The highest BCUT2D eigenvalue weighted by Gasteiger charge is 2.48. The summed E-state index contributed by atoms with van der Waals surface area (Å²) < 4.78 is 57.5. The highest BCUT2D eigenvalue weighted by molar-refractivity contribution is 7.89. The fraction of sp³-hybridized carbons (Fsp3) is 0.290. The maximum atomic E-state index is 14.0. The van der Waals surface area contributed by atoms with Crippen LogP contribution in [0.25, 0.3) is 5.69 Å². The molecule has 6 rings (SSSR count). The molecule has 0 atom stereocenters. The maximum absolute atomic E-state index is 14.0. The number of aromatic carboxylic acids is 1. The second-order valence-corrected chi connectivity index (χ2v) is 14.0. The fourth-order valence-corrected chi connectivity index (χ4v) is 7.96. The Hall–Kier alpha value is -5.13. The molecule has 2 amide bonds. The van der Waals surface area contributed by atoms with E-state index in [0.717, 1.165) is 16.4 Å². The number of amides is 2. The lowest BCUT2D eigenvalue weighted by Crippen LogP contribution is -2.45. The Balaban J connectivity index is 1.39. The van der Waals surface area contributed by atoms with Gasteiger partial charge in [0.2, 0.25) is 15.9 Å². The number of aromatic nitrogens is 3. The van der Waals surface area contributed by atoms with Crippen molar-refractivity contribution < 1.29 is 36.7 Å². The number of halogens is 2. The number of carboxylic acid groups (broad SMARTS) is 1. The summed E-state index contributed by atoms with van der Waals surface area (Å²) >= 11 is 0. The van der Waals surface area contributed by atoms with Crippen LogP contribution in [0.5, 0.6) is 0 Å². The Kier molecular flexibility index (Phi) is 8.09. The van der Waals surface area contributed by atoms with Crippen molar-refractivity contribution in [3.05, 3.63) is 88.4 Å². The first-order valence-electron chi connectivity index (χ1n) is 14.8. The number of piperazine rings is 1. The van der Waals surface area contributed by atoms with Crippen molar-refractivity contribution in [1.82, 2.24) is 24.0 Å². The van der Waals surface area contributed by atoms with Gasteiger partial charge in [-0.1, -0.05) is 0 Å². The number of carboxylic acids is 1. The van der Waals surface area contributed by atoms with Crippen molar-refractivity contribution in [1.29, 1.82) is 0 Å². The molecule has 2 aromatic heterocycles. The number of anilines is 2. The number of hydrogen-bond donors (Lipinski definition) is 4. The molecule has 1 saturated heterocycles. The highest BCUT2D eigenvalue weighted by Crippen LogP contribution is 2.44. The third kappa shape index (κ3) is 5.58. The number of fused-ring (bicyclic) bond motifs is 1. The van der Waals surface area contributed by atoms with Crippen LogP contribution in [-0.2, 0) is 22.1 Å². The Morgan fingerprint density at radius 3 is 2.27 bits per heavy atom. The first-order chi connectivity index (χ1) is 22.6. The predicted octanol–water partition coefficient (Wildman–Crippen LogP) is 2.72. The molecule has 4 aromatic rings. The van der Waals surface area contributed by atoms with Gasteiger partial charge in [0.15, 0.2) is 5.82 Å². The number of nitrogens with two attached hydrogens (primary N) is 1. The van der Waals surface area contributed by atoms with E-state index in [1.807, 2.05) is 11.9 Å². The van der Waals surface area contributed by atoms with E-state index in [0.29, 0.717) is 54.9 Å². The Labute approximate surface area is 273 Å². The number of carbonyl (C=O) groups is 3. The minimum Gasteiger partial charge on any atom is -0.477 e. The molecule has 0 radical (unpaired) electrons. The number of sulfonamides is 1.